The molecular formula is C32H37ClF2N8O3. The van der Waals surface area contributed by atoms with Crippen molar-refractivity contribution in [1.82, 2.24) is 35.4 Å². The highest BCUT2D eigenvalue weighted by molar-refractivity contribution is 6.32. The first-order chi connectivity index (χ1) is 22.2. The second-order valence-corrected chi connectivity index (χ2v) is 13.2. The first kappa shape index (κ1) is 30.8. The van der Waals surface area contributed by atoms with Crippen LogP contribution in [0.5, 0.6) is 6.01 Å². The molecule has 4 aromatic rings. The number of hydrogen-bond acceptors (Lipinski definition) is 9. The van der Waals surface area contributed by atoms with Gasteiger partial charge in [-0.2, -0.15) is 15.1 Å². The van der Waals surface area contributed by atoms with Crippen LogP contribution in [0.25, 0.3) is 33.1 Å². The van der Waals surface area contributed by atoms with E-state index in [2.05, 4.69) is 30.4 Å². The van der Waals surface area contributed by atoms with Gasteiger partial charge in [-0.05, 0) is 57.7 Å². The molecule has 3 fully saturated rings. The van der Waals surface area contributed by atoms with E-state index in [9.17, 15) is 9.18 Å². The van der Waals surface area contributed by atoms with Gasteiger partial charge in [0.2, 0.25) is 0 Å². The molecule has 0 bridgehead atoms. The Morgan fingerprint density at radius 3 is 2.93 bits per heavy atom. The topological polar surface area (TPSA) is 121 Å². The zero-order chi connectivity index (χ0) is 32.2. The van der Waals surface area contributed by atoms with Gasteiger partial charge in [-0.1, -0.05) is 18.5 Å². The van der Waals surface area contributed by atoms with Crippen LogP contribution in [0.2, 0.25) is 5.02 Å². The number of ether oxygens (including phenoxy) is 2. The summed E-state index contributed by atoms with van der Waals surface area (Å²) in [5.74, 6) is -0.197. The van der Waals surface area contributed by atoms with Crippen LogP contribution in [-0.4, -0.2) is 92.8 Å². The molecule has 3 aliphatic heterocycles. The highest BCUT2D eigenvalue weighted by atomic mass is 35.5. The number of pyridine rings is 1. The molecule has 0 spiro atoms. The molecule has 7 rings (SSSR count). The highest BCUT2D eigenvalue weighted by Crippen LogP contribution is 2.42. The lowest BCUT2D eigenvalue weighted by Gasteiger charge is -2.31. The molecule has 6 heterocycles. The summed E-state index contributed by atoms with van der Waals surface area (Å²) in [5, 5.41) is 11.5. The molecule has 3 saturated heterocycles. The maximum absolute atomic E-state index is 16.8. The molecule has 2 N–H and O–H groups in total. The molecule has 0 saturated carbocycles. The predicted octanol–water partition coefficient (Wildman–Crippen LogP) is 5.73. The van der Waals surface area contributed by atoms with E-state index in [4.69, 9.17) is 26.1 Å². The first-order valence-electron chi connectivity index (χ1n) is 15.9. The Morgan fingerprint density at radius 2 is 2.11 bits per heavy atom. The number of H-pyrrole nitrogens is 1. The van der Waals surface area contributed by atoms with Crippen molar-refractivity contribution in [3.8, 4) is 17.3 Å². The van der Waals surface area contributed by atoms with Gasteiger partial charge in [-0.3, -0.25) is 15.0 Å². The molecule has 3 aliphatic rings. The fourth-order valence-electron chi connectivity index (χ4n) is 7.43. The molecule has 3 aromatic heterocycles. The maximum Gasteiger partial charge on any atom is 0.407 e. The van der Waals surface area contributed by atoms with Crippen LogP contribution in [0.3, 0.4) is 0 Å². The van der Waals surface area contributed by atoms with Gasteiger partial charge in [0, 0.05) is 47.7 Å². The summed E-state index contributed by atoms with van der Waals surface area (Å²) in [5.41, 5.74) is 1.53. The average molecular weight is 655 g/mol. The average Bonchev–Trinajstić information content (AvgIpc) is 3.80. The van der Waals surface area contributed by atoms with Crippen molar-refractivity contribution in [3.05, 3.63) is 34.9 Å². The van der Waals surface area contributed by atoms with E-state index in [0.29, 0.717) is 70.8 Å². The van der Waals surface area contributed by atoms with E-state index in [1.54, 1.807) is 18.5 Å². The fraction of sp³-hybridized carbons (Fsp3) is 0.531. The van der Waals surface area contributed by atoms with Crippen molar-refractivity contribution in [2.24, 2.45) is 0 Å². The minimum absolute atomic E-state index is 0.00400. The highest BCUT2D eigenvalue weighted by Gasteiger charge is 2.49. The van der Waals surface area contributed by atoms with Gasteiger partial charge in [0.05, 0.1) is 35.3 Å². The maximum atomic E-state index is 16.8. The van der Waals surface area contributed by atoms with E-state index in [-0.39, 0.29) is 35.9 Å². The fourth-order valence-corrected chi connectivity index (χ4v) is 7.63. The second-order valence-electron chi connectivity index (χ2n) is 12.8. The lowest BCUT2D eigenvalue weighted by molar-refractivity contribution is 0.107. The number of anilines is 1. The number of amides is 1. The Balaban J connectivity index is 1.30. The van der Waals surface area contributed by atoms with Crippen molar-refractivity contribution in [3.63, 3.8) is 0 Å². The van der Waals surface area contributed by atoms with E-state index in [1.807, 2.05) is 25.7 Å². The van der Waals surface area contributed by atoms with Gasteiger partial charge in [-0.15, -0.1) is 0 Å². The van der Waals surface area contributed by atoms with Gasteiger partial charge in [-0.25, -0.2) is 13.6 Å². The van der Waals surface area contributed by atoms with Crippen LogP contribution in [0, 0.1) is 12.7 Å². The largest absolute Gasteiger partial charge is 0.461 e. The number of alkyl carbamates (subject to hydrolysis) is 1. The van der Waals surface area contributed by atoms with Crippen LogP contribution in [-0.2, 0) is 4.74 Å². The Bertz CT molecular complexity index is 1810. The van der Waals surface area contributed by atoms with Crippen LogP contribution in [0.1, 0.15) is 51.5 Å². The molecular weight excluding hydrogens is 618 g/mol. The summed E-state index contributed by atoms with van der Waals surface area (Å²) in [6, 6.07) is 1.49. The minimum Gasteiger partial charge on any atom is -0.461 e. The van der Waals surface area contributed by atoms with Crippen molar-refractivity contribution in [2.45, 2.75) is 76.7 Å². The number of aromatic nitrogens is 5. The second kappa shape index (κ2) is 12.1. The number of halogens is 3. The Hall–Kier alpha value is -3.84. The number of rotatable bonds is 8. The third-order valence-corrected chi connectivity index (χ3v) is 10.1. The summed E-state index contributed by atoms with van der Waals surface area (Å²) in [6.07, 6.45) is 5.33. The summed E-state index contributed by atoms with van der Waals surface area (Å²) >= 11 is 6.54. The van der Waals surface area contributed by atoms with Crippen molar-refractivity contribution < 1.29 is 23.0 Å². The number of nitrogens with one attached hydrogen (secondary N) is 2. The minimum atomic E-state index is -0.914. The molecule has 1 aromatic carbocycles. The van der Waals surface area contributed by atoms with Gasteiger partial charge in [0.15, 0.2) is 5.82 Å². The molecule has 244 valence electrons. The lowest BCUT2D eigenvalue weighted by atomic mass is 9.95. The number of carbonyl (C=O) groups excluding carboxylic acids is 1. The Kier molecular flexibility index (Phi) is 8.08. The zero-order valence-corrected chi connectivity index (χ0v) is 26.8. The summed E-state index contributed by atoms with van der Waals surface area (Å²) in [6.45, 7) is 7.92. The number of fused-ring (bicyclic) bond motifs is 3. The molecule has 0 radical (unpaired) electrons. The molecule has 1 amide bonds. The number of benzene rings is 1. The number of alkyl halides is 1. The quantitative estimate of drug-likeness (QED) is 0.245. The SMILES string of the molecule is CCCOC(=O)N[C@@H]1C[C@@H](C)N(c2nc(OC[C@@]34CCCN3C[C@H](F)C4)nc3c(F)c(-c4c(C)c(Cl)cc5[nH]ncc45)ncc23)C1. The third-order valence-electron chi connectivity index (χ3n) is 9.66. The van der Waals surface area contributed by atoms with Gasteiger partial charge in [0.25, 0.3) is 0 Å². The van der Waals surface area contributed by atoms with Crippen LogP contribution >= 0.6 is 11.6 Å². The summed E-state index contributed by atoms with van der Waals surface area (Å²) in [7, 11) is 0. The number of aromatic amines is 1. The first-order valence-corrected chi connectivity index (χ1v) is 16.3. The van der Waals surface area contributed by atoms with Crippen LogP contribution in [0.15, 0.2) is 18.5 Å². The van der Waals surface area contributed by atoms with Gasteiger partial charge in [0.1, 0.15) is 29.8 Å². The monoisotopic (exact) mass is 654 g/mol. The van der Waals surface area contributed by atoms with Crippen molar-refractivity contribution in [1.29, 1.82) is 0 Å². The molecule has 11 nitrogen and oxygen atoms in total. The van der Waals surface area contributed by atoms with Gasteiger partial charge < -0.3 is 19.7 Å². The summed E-state index contributed by atoms with van der Waals surface area (Å²) < 4.78 is 42.8. The van der Waals surface area contributed by atoms with E-state index < -0.39 is 23.6 Å². The number of hydrogen-bond donors (Lipinski definition) is 2. The third kappa shape index (κ3) is 5.36. The van der Waals surface area contributed by atoms with Crippen molar-refractivity contribution >= 4 is 45.3 Å². The summed E-state index contributed by atoms with van der Waals surface area (Å²) in [4.78, 5) is 30.5. The molecule has 0 aliphatic carbocycles. The lowest BCUT2D eigenvalue weighted by Crippen LogP contribution is -2.43. The smallest absolute Gasteiger partial charge is 0.407 e. The molecule has 14 heteroatoms. The Morgan fingerprint density at radius 1 is 1.26 bits per heavy atom. The van der Waals surface area contributed by atoms with E-state index in [1.165, 1.54) is 0 Å². The van der Waals surface area contributed by atoms with E-state index in [0.717, 1.165) is 25.8 Å². The van der Waals surface area contributed by atoms with Gasteiger partial charge >= 0.3 is 12.1 Å². The van der Waals surface area contributed by atoms with E-state index >= 15 is 4.39 Å². The van der Waals surface area contributed by atoms with Crippen LogP contribution < -0.4 is 15.0 Å². The molecule has 4 atom stereocenters. The number of nitrogens with zero attached hydrogens (tertiary/aromatic N) is 6. The standard InChI is InChI=1S/C32H37ClF2N8O3/c1-4-8-45-31(44)38-20-9-17(2)43(15-20)29-22-12-36-28(25-18(3)23(33)10-24-21(25)13-37-41-24)26(35)27(22)39-30(40-29)46-16-32-6-5-7-42(32)14-19(34)11-32/h10,12-13,17,19-20H,4-9,11,14-16H2,1-3H3,(H,37,41)(H,38,44)/t17-,19-,20-,32+/m1/s1. The molecule has 46 heavy (non-hydrogen) atoms. The zero-order valence-electron chi connectivity index (χ0n) is 26.1. The Labute approximate surface area is 270 Å². The normalized spacial score (nSPS) is 24.7. The van der Waals surface area contributed by atoms with Crippen molar-refractivity contribution in [2.75, 3.05) is 37.7 Å². The predicted molar refractivity (Wildman–Crippen MR) is 171 cm³/mol. The molecule has 0 unspecified atom stereocenters. The van der Waals surface area contributed by atoms with Crippen LogP contribution in [0.4, 0.5) is 19.4 Å². The number of carbonyl (C=O) groups is 1.